The van der Waals surface area contributed by atoms with Crippen molar-refractivity contribution in [3.05, 3.63) is 116 Å². The average Bonchev–Trinajstić information content (AvgIpc) is 2.87. The molecule has 7 heteroatoms. The number of para-hydroxylation sites is 1. The van der Waals surface area contributed by atoms with Crippen molar-refractivity contribution in [3.63, 3.8) is 0 Å². The number of halogens is 3. The lowest BCUT2D eigenvalue weighted by Crippen LogP contribution is -2.29. The molecule has 0 atom stereocenters. The number of alkyl halides is 3. The first-order valence-electron chi connectivity index (χ1n) is 12.6. The summed E-state index contributed by atoms with van der Waals surface area (Å²) in [7, 11) is 0. The van der Waals surface area contributed by atoms with E-state index >= 15 is 0 Å². The highest BCUT2D eigenvalue weighted by atomic mass is 19.4. The second-order valence-electron chi connectivity index (χ2n) is 10.0. The second kappa shape index (κ2) is 10.8. The highest BCUT2D eigenvalue weighted by Gasteiger charge is 2.36. The van der Waals surface area contributed by atoms with Gasteiger partial charge in [-0.05, 0) is 84.8 Å². The largest absolute Gasteiger partial charge is 0.457 e. The molecule has 0 aliphatic heterocycles. The van der Waals surface area contributed by atoms with Crippen molar-refractivity contribution in [3.8, 4) is 28.8 Å². The third kappa shape index (κ3) is 5.75. The van der Waals surface area contributed by atoms with Crippen molar-refractivity contribution in [1.29, 1.82) is 5.26 Å². The smallest absolute Gasteiger partial charge is 0.417 e. The van der Waals surface area contributed by atoms with Crippen molar-refractivity contribution in [2.75, 3.05) is 0 Å². The van der Waals surface area contributed by atoms with Gasteiger partial charge in [-0.15, -0.1) is 0 Å². The average molecular weight is 531 g/mol. The molecule has 0 amide bonds. The lowest BCUT2D eigenvalue weighted by Gasteiger charge is -2.21. The van der Waals surface area contributed by atoms with E-state index in [4.69, 9.17) is 4.74 Å². The van der Waals surface area contributed by atoms with Gasteiger partial charge in [-0.1, -0.05) is 55.8 Å². The Labute approximate surface area is 225 Å². The minimum atomic E-state index is -4.87. The predicted molar refractivity (Wildman–Crippen MR) is 146 cm³/mol. The Morgan fingerprint density at radius 3 is 2.26 bits per heavy atom. The first-order valence-corrected chi connectivity index (χ1v) is 12.6. The third-order valence-electron chi connectivity index (χ3n) is 6.79. The number of ether oxygens (including phenoxy) is 1. The molecule has 0 fully saturated rings. The molecule has 0 spiro atoms. The molecule has 0 bridgehead atoms. The van der Waals surface area contributed by atoms with Gasteiger partial charge in [0.05, 0.1) is 17.8 Å². The van der Waals surface area contributed by atoms with Crippen LogP contribution in [0.3, 0.4) is 0 Å². The van der Waals surface area contributed by atoms with Crippen molar-refractivity contribution < 1.29 is 17.9 Å². The van der Waals surface area contributed by atoms with Gasteiger partial charge in [0.1, 0.15) is 23.1 Å². The van der Waals surface area contributed by atoms with Gasteiger partial charge in [-0.3, -0.25) is 4.79 Å². The number of hydrogen-bond donors (Lipinski definition) is 0. The van der Waals surface area contributed by atoms with Gasteiger partial charge in [-0.25, -0.2) is 0 Å². The number of aromatic nitrogens is 1. The summed E-state index contributed by atoms with van der Waals surface area (Å²) < 4.78 is 49.5. The zero-order chi connectivity index (χ0) is 28.5. The molecule has 0 saturated heterocycles. The predicted octanol–water partition coefficient (Wildman–Crippen LogP) is 8.30. The van der Waals surface area contributed by atoms with Crippen LogP contribution in [-0.4, -0.2) is 4.57 Å². The summed E-state index contributed by atoms with van der Waals surface area (Å²) in [6.07, 6.45) is -4.87. The fraction of sp³-hybridized carbons (Fsp3) is 0.250. The molecule has 0 saturated carbocycles. The van der Waals surface area contributed by atoms with Crippen LogP contribution in [-0.2, 0) is 12.7 Å². The van der Waals surface area contributed by atoms with Crippen LogP contribution < -0.4 is 10.3 Å². The Hall–Kier alpha value is -4.31. The Morgan fingerprint density at radius 1 is 0.923 bits per heavy atom. The van der Waals surface area contributed by atoms with E-state index in [1.165, 1.54) is 10.6 Å². The summed E-state index contributed by atoms with van der Waals surface area (Å²) in [4.78, 5) is 13.4. The molecular weight excluding hydrogens is 501 g/mol. The Balaban J connectivity index is 1.95. The van der Waals surface area contributed by atoms with Crippen LogP contribution in [0, 0.1) is 32.1 Å². The summed E-state index contributed by atoms with van der Waals surface area (Å²) in [5, 5.41) is 9.54. The molecule has 0 aliphatic carbocycles. The maximum absolute atomic E-state index is 14.0. The molecule has 0 N–H and O–H groups in total. The fourth-order valence-corrected chi connectivity index (χ4v) is 4.61. The van der Waals surface area contributed by atoms with E-state index in [9.17, 15) is 23.2 Å². The van der Waals surface area contributed by atoms with Crippen LogP contribution in [0.15, 0.2) is 71.5 Å². The molecule has 4 nitrogen and oxygen atoms in total. The first-order chi connectivity index (χ1) is 18.4. The number of benzene rings is 3. The lowest BCUT2D eigenvalue weighted by atomic mass is 9.96. The summed E-state index contributed by atoms with van der Waals surface area (Å²) >= 11 is 0. The molecule has 4 rings (SSSR count). The van der Waals surface area contributed by atoms with Crippen LogP contribution in [0.1, 0.15) is 58.7 Å². The van der Waals surface area contributed by atoms with Gasteiger partial charge in [0.25, 0.3) is 5.56 Å². The van der Waals surface area contributed by atoms with E-state index in [2.05, 4.69) is 0 Å². The molecule has 1 aromatic heterocycles. The molecule has 3 aromatic carbocycles. The topological polar surface area (TPSA) is 55.0 Å². The standard InChI is InChI=1S/C32H29F3N2O2/c1-19(2)25-15-23(12-13-30(25)39-29-9-7-6-8-21(29)4)28-16-27(32(33,34)35)26(17-36)31(38)37(28)18-24-11-10-20(3)14-22(24)5/h6-16,19H,18H2,1-5H3. The zero-order valence-corrected chi connectivity index (χ0v) is 22.5. The maximum Gasteiger partial charge on any atom is 0.417 e. The minimum absolute atomic E-state index is 0.0194. The lowest BCUT2D eigenvalue weighted by molar-refractivity contribution is -0.137. The van der Waals surface area contributed by atoms with Crippen LogP contribution in [0.2, 0.25) is 0 Å². The minimum Gasteiger partial charge on any atom is -0.457 e. The maximum atomic E-state index is 14.0. The monoisotopic (exact) mass is 530 g/mol. The molecule has 200 valence electrons. The van der Waals surface area contributed by atoms with Crippen LogP contribution >= 0.6 is 0 Å². The normalized spacial score (nSPS) is 11.5. The van der Waals surface area contributed by atoms with Gasteiger partial charge in [-0.2, -0.15) is 18.4 Å². The van der Waals surface area contributed by atoms with Gasteiger partial charge < -0.3 is 9.30 Å². The van der Waals surface area contributed by atoms with E-state index in [1.54, 1.807) is 18.2 Å². The number of aryl methyl sites for hydroxylation is 3. The Morgan fingerprint density at radius 2 is 1.64 bits per heavy atom. The molecular formula is C32H29F3N2O2. The Bertz CT molecular complexity index is 1640. The zero-order valence-electron chi connectivity index (χ0n) is 22.5. The molecule has 39 heavy (non-hydrogen) atoms. The summed E-state index contributed by atoms with van der Waals surface area (Å²) in [5.74, 6) is 1.23. The molecule has 0 radical (unpaired) electrons. The summed E-state index contributed by atoms with van der Waals surface area (Å²) in [6, 6.07) is 20.8. The van der Waals surface area contributed by atoms with Gasteiger partial charge >= 0.3 is 6.18 Å². The van der Waals surface area contributed by atoms with Crippen molar-refractivity contribution in [2.45, 2.75) is 53.3 Å². The van der Waals surface area contributed by atoms with Gasteiger partial charge in [0.15, 0.2) is 0 Å². The van der Waals surface area contributed by atoms with E-state index in [0.29, 0.717) is 17.1 Å². The highest BCUT2D eigenvalue weighted by Crippen LogP contribution is 2.38. The van der Waals surface area contributed by atoms with Gasteiger partial charge in [0, 0.05) is 0 Å². The molecule has 1 heterocycles. The van der Waals surface area contributed by atoms with Crippen LogP contribution in [0.4, 0.5) is 13.2 Å². The van der Waals surface area contributed by atoms with Gasteiger partial charge in [0.2, 0.25) is 0 Å². The first kappa shape index (κ1) is 27.7. The van der Waals surface area contributed by atoms with Crippen LogP contribution in [0.25, 0.3) is 11.3 Å². The quantitative estimate of drug-likeness (QED) is 0.252. The summed E-state index contributed by atoms with van der Waals surface area (Å²) in [5.41, 5.74) is 1.79. The number of nitrogens with zero attached hydrogens (tertiary/aromatic N) is 2. The van der Waals surface area contributed by atoms with E-state index in [1.807, 2.05) is 77.1 Å². The molecule has 0 unspecified atom stereocenters. The molecule has 4 aromatic rings. The number of nitriles is 1. The third-order valence-corrected chi connectivity index (χ3v) is 6.79. The second-order valence-corrected chi connectivity index (χ2v) is 10.0. The fourth-order valence-electron chi connectivity index (χ4n) is 4.61. The van der Waals surface area contributed by atoms with E-state index in [-0.39, 0.29) is 18.2 Å². The van der Waals surface area contributed by atoms with E-state index < -0.39 is 22.9 Å². The van der Waals surface area contributed by atoms with Crippen LogP contribution in [0.5, 0.6) is 11.5 Å². The molecule has 0 aliphatic rings. The summed E-state index contributed by atoms with van der Waals surface area (Å²) in [6.45, 7) is 9.70. The number of pyridine rings is 1. The number of hydrogen-bond acceptors (Lipinski definition) is 3. The van der Waals surface area contributed by atoms with Crippen molar-refractivity contribution in [1.82, 2.24) is 4.57 Å². The highest BCUT2D eigenvalue weighted by molar-refractivity contribution is 5.66. The van der Waals surface area contributed by atoms with Crippen molar-refractivity contribution >= 4 is 0 Å². The Kier molecular flexibility index (Phi) is 7.69. The number of rotatable bonds is 6. The van der Waals surface area contributed by atoms with E-state index in [0.717, 1.165) is 33.9 Å². The van der Waals surface area contributed by atoms with Crippen molar-refractivity contribution in [2.24, 2.45) is 0 Å². The SMILES string of the molecule is Cc1ccc(Cn2c(-c3ccc(Oc4ccccc4C)c(C(C)C)c3)cc(C(F)(F)F)c(C#N)c2=O)c(C)c1.